The molecule has 1 unspecified atom stereocenters. The van der Waals surface area contributed by atoms with E-state index in [0.717, 1.165) is 11.4 Å². The summed E-state index contributed by atoms with van der Waals surface area (Å²) in [5, 5.41) is 6.38. The Labute approximate surface area is 136 Å². The Bertz CT molecular complexity index is 803. The zero-order valence-corrected chi connectivity index (χ0v) is 14.0. The van der Waals surface area contributed by atoms with Crippen molar-refractivity contribution in [3.63, 3.8) is 0 Å². The first-order valence-corrected chi connectivity index (χ1v) is 9.38. The second-order valence-electron chi connectivity index (χ2n) is 5.95. The molecule has 7 heteroatoms. The summed E-state index contributed by atoms with van der Waals surface area (Å²) in [6.45, 7) is 3.93. The maximum atomic E-state index is 11.5. The predicted octanol–water partition coefficient (Wildman–Crippen LogP) is 2.44. The minimum absolute atomic E-state index is 0.117. The van der Waals surface area contributed by atoms with E-state index in [1.54, 1.807) is 0 Å². The molecule has 1 fully saturated rings. The molecule has 122 valence electrons. The number of nitrogens with one attached hydrogen (secondary N) is 2. The van der Waals surface area contributed by atoms with Crippen LogP contribution in [0.2, 0.25) is 0 Å². The van der Waals surface area contributed by atoms with E-state index in [-0.39, 0.29) is 17.5 Å². The zero-order valence-electron chi connectivity index (χ0n) is 13.2. The summed E-state index contributed by atoms with van der Waals surface area (Å²) in [4.78, 5) is 8.78. The Hall–Kier alpha value is -2.15. The molecule has 0 aliphatic carbocycles. The Morgan fingerprint density at radius 2 is 1.87 bits per heavy atom. The van der Waals surface area contributed by atoms with Gasteiger partial charge in [0.1, 0.15) is 5.82 Å². The fourth-order valence-corrected chi connectivity index (χ4v) is 4.25. The molecule has 0 bridgehead atoms. The second-order valence-corrected chi connectivity index (χ2v) is 8.18. The first-order chi connectivity index (χ1) is 10.9. The van der Waals surface area contributed by atoms with E-state index in [0.29, 0.717) is 18.2 Å². The largest absolute Gasteiger partial charge is 0.350 e. The number of aromatic nitrogens is 2. The summed E-state index contributed by atoms with van der Waals surface area (Å²) in [5.41, 5.74) is 2.96. The molecule has 0 saturated carbocycles. The standard InChI is InChI=1S/C16H20N4O2S/c1-11-3-5-13(6-4-11)18-15-9-12(2)17-16(20-15)19-14-7-8-23(21,22)10-14/h3-6,9,14H,7-8,10H2,1-2H3,(H2,17,18,19,20). The molecular weight excluding hydrogens is 312 g/mol. The number of benzene rings is 1. The van der Waals surface area contributed by atoms with Crippen molar-refractivity contribution in [3.8, 4) is 0 Å². The lowest BCUT2D eigenvalue weighted by Gasteiger charge is -2.13. The quantitative estimate of drug-likeness (QED) is 0.894. The monoisotopic (exact) mass is 332 g/mol. The average Bonchev–Trinajstić information content (AvgIpc) is 2.80. The van der Waals surface area contributed by atoms with Crippen LogP contribution >= 0.6 is 0 Å². The first kappa shape index (κ1) is 15.7. The smallest absolute Gasteiger partial charge is 0.225 e. The van der Waals surface area contributed by atoms with Gasteiger partial charge in [-0.05, 0) is 32.4 Å². The van der Waals surface area contributed by atoms with Gasteiger partial charge in [-0.25, -0.2) is 13.4 Å². The molecule has 0 spiro atoms. The number of aryl methyl sites for hydroxylation is 2. The third-order valence-electron chi connectivity index (χ3n) is 3.74. The van der Waals surface area contributed by atoms with Crippen LogP contribution in [-0.2, 0) is 9.84 Å². The highest BCUT2D eigenvalue weighted by Gasteiger charge is 2.28. The summed E-state index contributed by atoms with van der Waals surface area (Å²) in [6.07, 6.45) is 0.598. The van der Waals surface area contributed by atoms with Gasteiger partial charge in [-0.3, -0.25) is 0 Å². The van der Waals surface area contributed by atoms with Crippen molar-refractivity contribution in [2.24, 2.45) is 0 Å². The lowest BCUT2D eigenvalue weighted by Crippen LogP contribution is -2.22. The average molecular weight is 332 g/mol. The van der Waals surface area contributed by atoms with Gasteiger partial charge < -0.3 is 10.6 Å². The fourth-order valence-electron chi connectivity index (χ4n) is 2.57. The van der Waals surface area contributed by atoms with Crippen molar-refractivity contribution in [2.45, 2.75) is 26.3 Å². The van der Waals surface area contributed by atoms with E-state index in [1.165, 1.54) is 5.56 Å². The van der Waals surface area contributed by atoms with Crippen LogP contribution < -0.4 is 10.6 Å². The number of anilines is 3. The second kappa shape index (κ2) is 6.16. The van der Waals surface area contributed by atoms with Crippen molar-refractivity contribution in [1.29, 1.82) is 0 Å². The number of hydrogen-bond donors (Lipinski definition) is 2. The minimum atomic E-state index is -2.92. The zero-order chi connectivity index (χ0) is 16.4. The number of sulfone groups is 1. The van der Waals surface area contributed by atoms with Gasteiger partial charge in [0.25, 0.3) is 0 Å². The molecule has 1 aliphatic rings. The van der Waals surface area contributed by atoms with Crippen LogP contribution in [0.4, 0.5) is 17.5 Å². The lowest BCUT2D eigenvalue weighted by atomic mass is 10.2. The molecule has 6 nitrogen and oxygen atoms in total. The Kier molecular flexibility index (Phi) is 4.21. The third-order valence-corrected chi connectivity index (χ3v) is 5.51. The van der Waals surface area contributed by atoms with Gasteiger partial charge in [0, 0.05) is 23.5 Å². The molecule has 23 heavy (non-hydrogen) atoms. The van der Waals surface area contributed by atoms with Gasteiger partial charge in [-0.15, -0.1) is 0 Å². The highest BCUT2D eigenvalue weighted by Crippen LogP contribution is 2.19. The van der Waals surface area contributed by atoms with Crippen molar-refractivity contribution in [2.75, 3.05) is 22.1 Å². The van der Waals surface area contributed by atoms with Crippen molar-refractivity contribution >= 4 is 27.3 Å². The van der Waals surface area contributed by atoms with Crippen molar-refractivity contribution in [3.05, 3.63) is 41.6 Å². The van der Waals surface area contributed by atoms with Crippen LogP contribution in [0.3, 0.4) is 0 Å². The molecule has 2 heterocycles. The maximum Gasteiger partial charge on any atom is 0.225 e. The highest BCUT2D eigenvalue weighted by atomic mass is 32.2. The molecule has 0 amide bonds. The van der Waals surface area contributed by atoms with E-state index >= 15 is 0 Å². The van der Waals surface area contributed by atoms with Gasteiger partial charge in [0.05, 0.1) is 11.5 Å². The van der Waals surface area contributed by atoms with Crippen LogP contribution in [0.1, 0.15) is 17.7 Å². The topological polar surface area (TPSA) is 84.0 Å². The molecule has 1 aliphatic heterocycles. The van der Waals surface area contributed by atoms with Gasteiger partial charge in [-0.1, -0.05) is 17.7 Å². The summed E-state index contributed by atoms with van der Waals surface area (Å²) in [6, 6.07) is 9.77. The highest BCUT2D eigenvalue weighted by molar-refractivity contribution is 7.91. The molecule has 1 aromatic heterocycles. The lowest BCUT2D eigenvalue weighted by molar-refractivity contribution is 0.602. The fraction of sp³-hybridized carbons (Fsp3) is 0.375. The summed E-state index contributed by atoms with van der Waals surface area (Å²) < 4.78 is 23.1. The molecule has 1 atom stereocenters. The summed E-state index contributed by atoms with van der Waals surface area (Å²) >= 11 is 0. The first-order valence-electron chi connectivity index (χ1n) is 7.56. The van der Waals surface area contributed by atoms with Crippen molar-refractivity contribution < 1.29 is 8.42 Å². The van der Waals surface area contributed by atoms with E-state index in [2.05, 4.69) is 20.6 Å². The SMILES string of the molecule is Cc1ccc(Nc2cc(C)nc(NC3CCS(=O)(=O)C3)n2)cc1. The summed E-state index contributed by atoms with van der Waals surface area (Å²) in [5.74, 6) is 1.52. The van der Waals surface area contributed by atoms with Gasteiger partial charge in [0.2, 0.25) is 5.95 Å². The Morgan fingerprint density at radius 1 is 1.13 bits per heavy atom. The third kappa shape index (κ3) is 4.19. The van der Waals surface area contributed by atoms with E-state index in [1.807, 2.05) is 44.2 Å². The number of rotatable bonds is 4. The summed E-state index contributed by atoms with van der Waals surface area (Å²) in [7, 11) is -2.92. The molecule has 0 radical (unpaired) electrons. The van der Waals surface area contributed by atoms with E-state index < -0.39 is 9.84 Å². The number of hydrogen-bond acceptors (Lipinski definition) is 6. The Morgan fingerprint density at radius 3 is 2.52 bits per heavy atom. The minimum Gasteiger partial charge on any atom is -0.350 e. The molecule has 1 saturated heterocycles. The Balaban J connectivity index is 1.75. The van der Waals surface area contributed by atoms with Crippen LogP contribution in [0, 0.1) is 13.8 Å². The molecule has 2 N–H and O–H groups in total. The molecule has 3 rings (SSSR count). The van der Waals surface area contributed by atoms with Gasteiger partial charge >= 0.3 is 0 Å². The number of nitrogens with zero attached hydrogens (tertiary/aromatic N) is 2. The molecule has 2 aromatic rings. The van der Waals surface area contributed by atoms with Gasteiger partial charge in [0.15, 0.2) is 9.84 Å². The van der Waals surface area contributed by atoms with E-state index in [9.17, 15) is 8.42 Å². The maximum absolute atomic E-state index is 11.5. The predicted molar refractivity (Wildman–Crippen MR) is 91.9 cm³/mol. The molecule has 1 aromatic carbocycles. The van der Waals surface area contributed by atoms with Crippen LogP contribution in [0.5, 0.6) is 0 Å². The van der Waals surface area contributed by atoms with Crippen molar-refractivity contribution in [1.82, 2.24) is 9.97 Å². The van der Waals surface area contributed by atoms with Crippen LogP contribution in [0.25, 0.3) is 0 Å². The molecular formula is C16H20N4O2S. The van der Waals surface area contributed by atoms with Crippen LogP contribution in [-0.4, -0.2) is 35.9 Å². The van der Waals surface area contributed by atoms with E-state index in [4.69, 9.17) is 0 Å². The van der Waals surface area contributed by atoms with Crippen LogP contribution in [0.15, 0.2) is 30.3 Å². The normalized spacial score (nSPS) is 19.5. The van der Waals surface area contributed by atoms with Gasteiger partial charge in [-0.2, -0.15) is 4.98 Å².